The standard InChI is InChI=1S/C31H37NO6/c1-22(2)15-29(31(34)38-20-23-9-6-5-7-10-23)32-14-13-30(33)37-21-24-11-8-12-25(16-24)26-17-27(35-3)19-28(18-26)36-4/h5-12,16-19,22,29,32H,13-15,20-21H2,1-4H3/t29-/m0/s1. The van der Waals surface area contributed by atoms with Gasteiger partial charge in [-0.05, 0) is 52.8 Å². The lowest BCUT2D eigenvalue weighted by atomic mass is 10.0. The molecule has 1 atom stereocenters. The van der Waals surface area contributed by atoms with Gasteiger partial charge in [0.2, 0.25) is 0 Å². The molecule has 0 aromatic heterocycles. The molecule has 3 aromatic carbocycles. The topological polar surface area (TPSA) is 83.1 Å². The molecule has 1 N–H and O–H groups in total. The van der Waals surface area contributed by atoms with E-state index < -0.39 is 6.04 Å². The van der Waals surface area contributed by atoms with E-state index in [0.717, 1.165) is 22.3 Å². The van der Waals surface area contributed by atoms with E-state index in [2.05, 4.69) is 5.32 Å². The van der Waals surface area contributed by atoms with Crippen LogP contribution in [-0.2, 0) is 32.3 Å². The number of esters is 2. The maximum Gasteiger partial charge on any atom is 0.323 e. The summed E-state index contributed by atoms with van der Waals surface area (Å²) in [6.45, 7) is 4.79. The Bertz CT molecular complexity index is 1160. The molecule has 0 fully saturated rings. The summed E-state index contributed by atoms with van der Waals surface area (Å²) in [4.78, 5) is 25.1. The molecule has 0 heterocycles. The van der Waals surface area contributed by atoms with Crippen molar-refractivity contribution in [3.05, 3.63) is 83.9 Å². The van der Waals surface area contributed by atoms with E-state index >= 15 is 0 Å². The third-order valence-corrected chi connectivity index (χ3v) is 5.95. The molecule has 202 valence electrons. The molecule has 0 saturated carbocycles. The summed E-state index contributed by atoms with van der Waals surface area (Å²) in [7, 11) is 3.23. The molecule has 0 aliphatic heterocycles. The fourth-order valence-electron chi connectivity index (χ4n) is 3.96. The highest BCUT2D eigenvalue weighted by atomic mass is 16.5. The Kier molecular flexibility index (Phi) is 11.2. The van der Waals surface area contributed by atoms with Crippen LogP contribution in [0.2, 0.25) is 0 Å². The van der Waals surface area contributed by atoms with E-state index in [1.807, 2.05) is 86.6 Å². The van der Waals surface area contributed by atoms with Gasteiger partial charge in [-0.25, -0.2) is 0 Å². The lowest BCUT2D eigenvalue weighted by Crippen LogP contribution is -2.40. The molecule has 0 unspecified atom stereocenters. The fourth-order valence-corrected chi connectivity index (χ4v) is 3.96. The van der Waals surface area contributed by atoms with Gasteiger partial charge < -0.3 is 24.3 Å². The Morgan fingerprint density at radius 3 is 2.08 bits per heavy atom. The van der Waals surface area contributed by atoms with Gasteiger partial charge in [-0.1, -0.05) is 62.4 Å². The summed E-state index contributed by atoms with van der Waals surface area (Å²) < 4.78 is 21.7. The Morgan fingerprint density at radius 2 is 1.42 bits per heavy atom. The van der Waals surface area contributed by atoms with Crippen LogP contribution in [0, 0.1) is 5.92 Å². The molecule has 3 aromatic rings. The van der Waals surface area contributed by atoms with Crippen molar-refractivity contribution >= 4 is 11.9 Å². The summed E-state index contributed by atoms with van der Waals surface area (Å²) in [5, 5.41) is 3.17. The van der Waals surface area contributed by atoms with E-state index in [4.69, 9.17) is 18.9 Å². The Hall–Kier alpha value is -3.84. The number of ether oxygens (including phenoxy) is 4. The van der Waals surface area contributed by atoms with Crippen LogP contribution in [0.15, 0.2) is 72.8 Å². The summed E-state index contributed by atoms with van der Waals surface area (Å²) in [6, 6.07) is 22.5. The van der Waals surface area contributed by atoms with Crippen LogP contribution in [0.1, 0.15) is 37.8 Å². The third kappa shape index (κ3) is 9.23. The van der Waals surface area contributed by atoms with Gasteiger partial charge in [-0.15, -0.1) is 0 Å². The summed E-state index contributed by atoms with van der Waals surface area (Å²) in [5.74, 6) is 1.03. The van der Waals surface area contributed by atoms with E-state index in [0.29, 0.717) is 30.4 Å². The zero-order valence-electron chi connectivity index (χ0n) is 22.6. The Morgan fingerprint density at radius 1 is 0.763 bits per heavy atom. The SMILES string of the molecule is COc1cc(OC)cc(-c2cccc(COC(=O)CCN[C@@H](CC(C)C)C(=O)OCc3ccccc3)c2)c1. The van der Waals surface area contributed by atoms with Crippen molar-refractivity contribution in [2.75, 3.05) is 20.8 Å². The minimum Gasteiger partial charge on any atom is -0.497 e. The van der Waals surface area contributed by atoms with E-state index in [1.165, 1.54) is 0 Å². The van der Waals surface area contributed by atoms with Crippen LogP contribution in [0.25, 0.3) is 11.1 Å². The second kappa shape index (κ2) is 14.8. The predicted octanol–water partition coefficient (Wildman–Crippen LogP) is 5.55. The van der Waals surface area contributed by atoms with Crippen molar-refractivity contribution in [3.8, 4) is 22.6 Å². The molecule has 38 heavy (non-hydrogen) atoms. The van der Waals surface area contributed by atoms with Crippen molar-refractivity contribution in [2.45, 2.75) is 45.9 Å². The minimum absolute atomic E-state index is 0.146. The van der Waals surface area contributed by atoms with E-state index in [-0.39, 0.29) is 31.6 Å². The smallest absolute Gasteiger partial charge is 0.323 e. The third-order valence-electron chi connectivity index (χ3n) is 5.95. The summed E-state index contributed by atoms with van der Waals surface area (Å²) in [6.07, 6.45) is 0.762. The number of methoxy groups -OCH3 is 2. The highest BCUT2D eigenvalue weighted by Crippen LogP contribution is 2.30. The predicted molar refractivity (Wildman–Crippen MR) is 147 cm³/mol. The Balaban J connectivity index is 1.49. The average Bonchev–Trinajstić information content (AvgIpc) is 2.94. The fraction of sp³-hybridized carbons (Fsp3) is 0.355. The van der Waals surface area contributed by atoms with Crippen LogP contribution in [0.5, 0.6) is 11.5 Å². The molecule has 0 radical (unpaired) electrons. The number of benzene rings is 3. The molecule has 0 aliphatic carbocycles. The van der Waals surface area contributed by atoms with Gasteiger partial charge in [0, 0.05) is 12.6 Å². The van der Waals surface area contributed by atoms with Crippen LogP contribution >= 0.6 is 0 Å². The van der Waals surface area contributed by atoms with Gasteiger partial charge in [0.1, 0.15) is 30.8 Å². The first-order valence-electron chi connectivity index (χ1n) is 12.8. The maximum absolute atomic E-state index is 12.7. The molecule has 0 amide bonds. The van der Waals surface area contributed by atoms with Gasteiger partial charge in [0.15, 0.2) is 0 Å². The van der Waals surface area contributed by atoms with Gasteiger partial charge in [0.05, 0.1) is 20.6 Å². The Labute approximate surface area is 225 Å². The van der Waals surface area contributed by atoms with Crippen molar-refractivity contribution in [3.63, 3.8) is 0 Å². The molecule has 0 spiro atoms. The number of hydrogen-bond donors (Lipinski definition) is 1. The zero-order chi connectivity index (χ0) is 27.3. The van der Waals surface area contributed by atoms with Crippen LogP contribution in [-0.4, -0.2) is 38.7 Å². The molecule has 0 saturated heterocycles. The van der Waals surface area contributed by atoms with Gasteiger partial charge in [-0.2, -0.15) is 0 Å². The summed E-state index contributed by atoms with van der Waals surface area (Å²) in [5.41, 5.74) is 3.70. The van der Waals surface area contributed by atoms with Crippen LogP contribution < -0.4 is 14.8 Å². The monoisotopic (exact) mass is 519 g/mol. The number of carbonyl (C=O) groups is 2. The lowest BCUT2D eigenvalue weighted by Gasteiger charge is -2.19. The second-order valence-electron chi connectivity index (χ2n) is 9.44. The van der Waals surface area contributed by atoms with Crippen molar-refractivity contribution in [1.82, 2.24) is 5.32 Å². The van der Waals surface area contributed by atoms with Crippen molar-refractivity contribution in [1.29, 1.82) is 0 Å². The quantitative estimate of drug-likeness (QED) is 0.280. The molecule has 0 aliphatic rings. The maximum atomic E-state index is 12.7. The molecule has 7 heteroatoms. The molecular formula is C31H37NO6. The molecule has 7 nitrogen and oxygen atoms in total. The molecule has 0 bridgehead atoms. The lowest BCUT2D eigenvalue weighted by molar-refractivity contribution is -0.149. The van der Waals surface area contributed by atoms with Gasteiger partial charge in [0.25, 0.3) is 0 Å². The van der Waals surface area contributed by atoms with E-state index in [9.17, 15) is 9.59 Å². The van der Waals surface area contributed by atoms with Crippen molar-refractivity contribution < 1.29 is 28.5 Å². The molecule has 3 rings (SSSR count). The highest BCUT2D eigenvalue weighted by molar-refractivity contribution is 5.76. The first-order valence-corrected chi connectivity index (χ1v) is 12.8. The normalized spacial score (nSPS) is 11.6. The second-order valence-corrected chi connectivity index (χ2v) is 9.44. The largest absolute Gasteiger partial charge is 0.497 e. The summed E-state index contributed by atoms with van der Waals surface area (Å²) >= 11 is 0. The minimum atomic E-state index is -0.483. The number of hydrogen-bond acceptors (Lipinski definition) is 7. The van der Waals surface area contributed by atoms with Crippen LogP contribution in [0.3, 0.4) is 0 Å². The zero-order valence-corrected chi connectivity index (χ0v) is 22.6. The van der Waals surface area contributed by atoms with Gasteiger partial charge >= 0.3 is 11.9 Å². The average molecular weight is 520 g/mol. The van der Waals surface area contributed by atoms with Gasteiger partial charge in [-0.3, -0.25) is 9.59 Å². The number of carbonyl (C=O) groups excluding carboxylic acids is 2. The highest BCUT2D eigenvalue weighted by Gasteiger charge is 2.21. The molecular weight excluding hydrogens is 482 g/mol. The number of nitrogens with one attached hydrogen (secondary N) is 1. The first kappa shape index (κ1) is 28.7. The number of rotatable bonds is 14. The van der Waals surface area contributed by atoms with Crippen LogP contribution in [0.4, 0.5) is 0 Å². The first-order chi connectivity index (χ1) is 18.4. The van der Waals surface area contributed by atoms with E-state index in [1.54, 1.807) is 14.2 Å². The van der Waals surface area contributed by atoms with Crippen molar-refractivity contribution in [2.24, 2.45) is 5.92 Å².